The molecule has 286 valence electrons. The second-order valence-corrected chi connectivity index (χ2v) is 15.6. The summed E-state index contributed by atoms with van der Waals surface area (Å²) in [5.41, 5.74) is 15.3. The zero-order chi connectivity index (χ0) is 40.3. The molecule has 0 bridgehead atoms. The van der Waals surface area contributed by atoms with E-state index in [0.717, 1.165) is 66.9 Å². The zero-order valence-electron chi connectivity index (χ0n) is 33.2. The molecular formula is C58H38N2O. The molecule has 0 amide bonds. The molecule has 12 aromatic rings. The van der Waals surface area contributed by atoms with E-state index in [1.54, 1.807) is 0 Å². The van der Waals surface area contributed by atoms with Gasteiger partial charge in [0, 0.05) is 44.0 Å². The Hall–Kier alpha value is -8.14. The monoisotopic (exact) mass is 778 g/mol. The lowest BCUT2D eigenvalue weighted by Gasteiger charge is -2.30. The van der Waals surface area contributed by atoms with Gasteiger partial charge in [0.2, 0.25) is 0 Å². The molecule has 0 atom stereocenters. The minimum atomic E-state index is 0.874. The lowest BCUT2D eigenvalue weighted by atomic mass is 9.90. The van der Waals surface area contributed by atoms with Gasteiger partial charge in [0.05, 0.1) is 22.4 Å². The standard InChI is InChI=1S/C58H38N2O/c1-3-17-39(18-4-1)45-27-15-19-40-20-16-28-51(58(40)45)47-25-9-13-31-54(47)60(43-34-36-48-46-24-8-12-30-53(46)59(55(48)38-43)42-21-5-2-6-22-42)52-29-11-7-23-44(52)41-33-35-50-49-26-10-14-32-56(49)61-57(50)37-41/h1-38H. The van der Waals surface area contributed by atoms with Crippen LogP contribution >= 0.6 is 0 Å². The fourth-order valence-electron chi connectivity index (χ4n) is 9.49. The van der Waals surface area contributed by atoms with Gasteiger partial charge < -0.3 is 13.9 Å². The zero-order valence-corrected chi connectivity index (χ0v) is 33.2. The fraction of sp³-hybridized carbons (Fsp3) is 0. The molecule has 0 saturated heterocycles. The molecule has 0 fully saturated rings. The number of benzene rings is 10. The minimum Gasteiger partial charge on any atom is -0.456 e. The number of hydrogen-bond donors (Lipinski definition) is 0. The SMILES string of the molecule is c1ccc(-c2cccc3cccc(-c4ccccc4N(c4ccc5c6ccccc6n(-c6ccccc6)c5c4)c4ccccc4-c4ccc5c(c4)oc4ccccc45)c23)cc1. The summed E-state index contributed by atoms with van der Waals surface area (Å²) < 4.78 is 8.86. The maximum Gasteiger partial charge on any atom is 0.136 e. The maximum absolute atomic E-state index is 6.47. The molecule has 0 N–H and O–H groups in total. The smallest absolute Gasteiger partial charge is 0.136 e. The van der Waals surface area contributed by atoms with E-state index in [0.29, 0.717) is 0 Å². The summed E-state index contributed by atoms with van der Waals surface area (Å²) in [7, 11) is 0. The van der Waals surface area contributed by atoms with E-state index in [1.165, 1.54) is 43.8 Å². The van der Waals surface area contributed by atoms with Crippen molar-refractivity contribution in [3.8, 4) is 39.1 Å². The normalized spacial score (nSPS) is 11.6. The highest BCUT2D eigenvalue weighted by Crippen LogP contribution is 2.48. The summed E-state index contributed by atoms with van der Waals surface area (Å²) in [6, 6.07) is 83.1. The number of nitrogens with zero attached hydrogens (tertiary/aromatic N) is 2. The second kappa shape index (κ2) is 14.3. The molecule has 61 heavy (non-hydrogen) atoms. The van der Waals surface area contributed by atoms with Crippen LogP contribution in [-0.4, -0.2) is 4.57 Å². The van der Waals surface area contributed by atoms with Crippen molar-refractivity contribution in [2.24, 2.45) is 0 Å². The van der Waals surface area contributed by atoms with E-state index >= 15 is 0 Å². The first-order valence-corrected chi connectivity index (χ1v) is 20.8. The van der Waals surface area contributed by atoms with Gasteiger partial charge in [-0.3, -0.25) is 0 Å². The molecule has 12 rings (SSSR count). The van der Waals surface area contributed by atoms with Gasteiger partial charge in [0.25, 0.3) is 0 Å². The van der Waals surface area contributed by atoms with Crippen LogP contribution in [0.3, 0.4) is 0 Å². The van der Waals surface area contributed by atoms with Crippen LogP contribution in [0.2, 0.25) is 0 Å². The first-order chi connectivity index (χ1) is 30.3. The highest BCUT2D eigenvalue weighted by molar-refractivity contribution is 6.12. The third-order valence-electron chi connectivity index (χ3n) is 12.2. The van der Waals surface area contributed by atoms with Gasteiger partial charge >= 0.3 is 0 Å². The molecule has 0 aliphatic rings. The highest BCUT2D eigenvalue weighted by atomic mass is 16.3. The Labute approximate surface area is 353 Å². The molecule has 0 aliphatic carbocycles. The molecule has 10 aromatic carbocycles. The van der Waals surface area contributed by atoms with Crippen molar-refractivity contribution >= 4 is 71.6 Å². The number of rotatable bonds is 7. The summed E-state index contributed by atoms with van der Waals surface area (Å²) in [4.78, 5) is 2.46. The van der Waals surface area contributed by atoms with Gasteiger partial charge in [0.15, 0.2) is 0 Å². The van der Waals surface area contributed by atoms with Crippen LogP contribution in [0.25, 0.3) is 93.6 Å². The molecule has 0 radical (unpaired) electrons. The Morgan fingerprint density at radius 2 is 0.934 bits per heavy atom. The molecule has 0 aliphatic heterocycles. The average Bonchev–Trinajstić information content (AvgIpc) is 3.87. The largest absolute Gasteiger partial charge is 0.456 e. The molecule has 3 nitrogen and oxygen atoms in total. The topological polar surface area (TPSA) is 21.3 Å². The van der Waals surface area contributed by atoms with Crippen molar-refractivity contribution in [3.63, 3.8) is 0 Å². The molecule has 2 heterocycles. The number of anilines is 3. The summed E-state index contributed by atoms with van der Waals surface area (Å²) in [6.45, 7) is 0. The molecular weight excluding hydrogens is 741 g/mol. The van der Waals surface area contributed by atoms with E-state index < -0.39 is 0 Å². The van der Waals surface area contributed by atoms with Crippen LogP contribution in [0, 0.1) is 0 Å². The summed E-state index contributed by atoms with van der Waals surface area (Å²) in [6.07, 6.45) is 0. The molecule has 2 aromatic heterocycles. The Kier molecular flexibility index (Phi) is 8.17. The van der Waals surface area contributed by atoms with Crippen LogP contribution in [0.4, 0.5) is 17.1 Å². The number of hydrogen-bond acceptors (Lipinski definition) is 2. The average molecular weight is 779 g/mol. The summed E-state index contributed by atoms with van der Waals surface area (Å²) in [5, 5.41) is 7.11. The van der Waals surface area contributed by atoms with E-state index in [4.69, 9.17) is 4.42 Å². The van der Waals surface area contributed by atoms with E-state index in [1.807, 2.05) is 12.1 Å². The third-order valence-corrected chi connectivity index (χ3v) is 12.2. The number of aromatic nitrogens is 1. The molecule has 0 unspecified atom stereocenters. The Morgan fingerprint density at radius 3 is 1.75 bits per heavy atom. The van der Waals surface area contributed by atoms with Gasteiger partial charge in [-0.05, 0) is 93.7 Å². The molecule has 0 spiro atoms. The number of fused-ring (bicyclic) bond motifs is 7. The molecule has 3 heteroatoms. The fourth-order valence-corrected chi connectivity index (χ4v) is 9.49. The van der Waals surface area contributed by atoms with Gasteiger partial charge in [-0.15, -0.1) is 0 Å². The van der Waals surface area contributed by atoms with Crippen molar-refractivity contribution in [1.29, 1.82) is 0 Å². The van der Waals surface area contributed by atoms with Crippen molar-refractivity contribution in [1.82, 2.24) is 4.57 Å². The van der Waals surface area contributed by atoms with Crippen LogP contribution in [0.5, 0.6) is 0 Å². The van der Waals surface area contributed by atoms with Crippen LogP contribution < -0.4 is 4.90 Å². The molecule has 0 saturated carbocycles. The second-order valence-electron chi connectivity index (χ2n) is 15.6. The predicted octanol–water partition coefficient (Wildman–Crippen LogP) is 16.3. The van der Waals surface area contributed by atoms with Crippen molar-refractivity contribution in [3.05, 3.63) is 231 Å². The number of para-hydroxylation sites is 5. The minimum absolute atomic E-state index is 0.874. The van der Waals surface area contributed by atoms with E-state index in [2.05, 4.69) is 228 Å². The van der Waals surface area contributed by atoms with E-state index in [9.17, 15) is 0 Å². The van der Waals surface area contributed by atoms with Crippen molar-refractivity contribution < 1.29 is 4.42 Å². The Morgan fingerprint density at radius 1 is 0.344 bits per heavy atom. The first-order valence-electron chi connectivity index (χ1n) is 20.8. The van der Waals surface area contributed by atoms with Gasteiger partial charge in [-0.25, -0.2) is 0 Å². The van der Waals surface area contributed by atoms with Crippen molar-refractivity contribution in [2.75, 3.05) is 4.90 Å². The quantitative estimate of drug-likeness (QED) is 0.161. The number of furan rings is 1. The predicted molar refractivity (Wildman–Crippen MR) is 257 cm³/mol. The summed E-state index contributed by atoms with van der Waals surface area (Å²) in [5.74, 6) is 0. The maximum atomic E-state index is 6.47. The Balaban J connectivity index is 1.14. The van der Waals surface area contributed by atoms with Crippen LogP contribution in [0.1, 0.15) is 0 Å². The Bertz CT molecular complexity index is 3590. The van der Waals surface area contributed by atoms with E-state index in [-0.39, 0.29) is 0 Å². The lowest BCUT2D eigenvalue weighted by Crippen LogP contribution is -2.12. The lowest BCUT2D eigenvalue weighted by molar-refractivity contribution is 0.669. The van der Waals surface area contributed by atoms with Crippen LogP contribution in [0.15, 0.2) is 235 Å². The first kappa shape index (κ1) is 34.9. The van der Waals surface area contributed by atoms with Crippen molar-refractivity contribution in [2.45, 2.75) is 0 Å². The van der Waals surface area contributed by atoms with Gasteiger partial charge in [-0.2, -0.15) is 0 Å². The van der Waals surface area contributed by atoms with Crippen LogP contribution in [-0.2, 0) is 0 Å². The highest BCUT2D eigenvalue weighted by Gasteiger charge is 2.24. The third kappa shape index (κ3) is 5.74. The summed E-state index contributed by atoms with van der Waals surface area (Å²) >= 11 is 0. The van der Waals surface area contributed by atoms with Gasteiger partial charge in [0.1, 0.15) is 11.2 Å². The van der Waals surface area contributed by atoms with Gasteiger partial charge in [-0.1, -0.05) is 170 Å².